The highest BCUT2D eigenvalue weighted by Crippen LogP contribution is 2.27. The Kier molecular flexibility index (Phi) is 4.62. The van der Waals surface area contributed by atoms with Crippen LogP contribution in [0, 0.1) is 5.92 Å². The summed E-state index contributed by atoms with van der Waals surface area (Å²) in [6.07, 6.45) is 0. The molecule has 0 fully saturated rings. The number of rotatable bonds is 5. The van der Waals surface area contributed by atoms with Crippen LogP contribution in [0.5, 0.6) is 5.75 Å². The third kappa shape index (κ3) is 3.14. The third-order valence-electron chi connectivity index (χ3n) is 2.96. The fraction of sp³-hybridized carbons (Fsp3) is 0.538. The molecule has 0 aromatic heterocycles. The summed E-state index contributed by atoms with van der Waals surface area (Å²) in [5.41, 5.74) is 6.98. The molecule has 90 valence electrons. The molecule has 0 saturated heterocycles. The molecule has 3 nitrogen and oxygen atoms in total. The molecule has 2 N–H and O–H groups in total. The van der Waals surface area contributed by atoms with E-state index in [1.165, 1.54) is 0 Å². The Morgan fingerprint density at radius 1 is 1.31 bits per heavy atom. The van der Waals surface area contributed by atoms with Crippen molar-refractivity contribution in [2.24, 2.45) is 11.7 Å². The van der Waals surface area contributed by atoms with Crippen LogP contribution >= 0.6 is 0 Å². The van der Waals surface area contributed by atoms with Gasteiger partial charge in [0.2, 0.25) is 0 Å². The van der Waals surface area contributed by atoms with Gasteiger partial charge >= 0.3 is 0 Å². The monoisotopic (exact) mass is 222 g/mol. The molecular weight excluding hydrogens is 200 g/mol. The minimum Gasteiger partial charge on any atom is -0.495 e. The molecule has 0 spiro atoms. The number of ether oxygens (including phenoxy) is 1. The van der Waals surface area contributed by atoms with E-state index >= 15 is 0 Å². The summed E-state index contributed by atoms with van der Waals surface area (Å²) < 4.78 is 5.34. The Hall–Kier alpha value is -1.22. The van der Waals surface area contributed by atoms with Crippen molar-refractivity contribution in [2.75, 3.05) is 25.6 Å². The van der Waals surface area contributed by atoms with E-state index in [1.807, 2.05) is 25.1 Å². The summed E-state index contributed by atoms with van der Waals surface area (Å²) >= 11 is 0. The van der Waals surface area contributed by atoms with Crippen molar-refractivity contribution in [3.63, 3.8) is 0 Å². The van der Waals surface area contributed by atoms with Crippen LogP contribution in [-0.4, -0.2) is 26.7 Å². The number of hydrogen-bond acceptors (Lipinski definition) is 3. The SMILES string of the molecule is COc1ccccc1N(C)CC(C)C(C)N. The molecule has 0 aliphatic rings. The number of hydrogen-bond donors (Lipinski definition) is 1. The lowest BCUT2D eigenvalue weighted by atomic mass is 10.0. The first kappa shape index (κ1) is 12.8. The molecule has 2 atom stereocenters. The van der Waals surface area contributed by atoms with Gasteiger partial charge in [-0.25, -0.2) is 0 Å². The number of anilines is 1. The normalized spacial score (nSPS) is 14.3. The Labute approximate surface area is 98.2 Å². The van der Waals surface area contributed by atoms with Gasteiger partial charge in [0.25, 0.3) is 0 Å². The second-order valence-corrected chi connectivity index (χ2v) is 4.39. The van der Waals surface area contributed by atoms with E-state index in [0.717, 1.165) is 18.0 Å². The quantitative estimate of drug-likeness (QED) is 0.829. The molecule has 1 rings (SSSR count). The molecule has 0 amide bonds. The van der Waals surface area contributed by atoms with E-state index in [-0.39, 0.29) is 6.04 Å². The van der Waals surface area contributed by atoms with Gasteiger partial charge in [-0.3, -0.25) is 0 Å². The molecule has 0 bridgehead atoms. The first-order chi connectivity index (χ1) is 7.56. The molecule has 1 aromatic carbocycles. The van der Waals surface area contributed by atoms with Crippen molar-refractivity contribution in [2.45, 2.75) is 19.9 Å². The van der Waals surface area contributed by atoms with E-state index in [4.69, 9.17) is 10.5 Å². The first-order valence-corrected chi connectivity index (χ1v) is 5.66. The van der Waals surface area contributed by atoms with Crippen LogP contribution in [-0.2, 0) is 0 Å². The zero-order valence-corrected chi connectivity index (χ0v) is 10.6. The first-order valence-electron chi connectivity index (χ1n) is 5.66. The Morgan fingerprint density at radius 3 is 2.50 bits per heavy atom. The second-order valence-electron chi connectivity index (χ2n) is 4.39. The summed E-state index contributed by atoms with van der Waals surface area (Å²) in [5, 5.41) is 0. The Balaban J connectivity index is 2.76. The molecule has 0 saturated carbocycles. The standard InChI is InChI=1S/C13H22N2O/c1-10(11(2)14)9-15(3)12-7-5-6-8-13(12)16-4/h5-8,10-11H,9,14H2,1-4H3. The van der Waals surface area contributed by atoms with Gasteiger partial charge in [0.15, 0.2) is 0 Å². The van der Waals surface area contributed by atoms with Gasteiger partial charge in [-0.15, -0.1) is 0 Å². The topological polar surface area (TPSA) is 38.5 Å². The Morgan fingerprint density at radius 2 is 1.94 bits per heavy atom. The fourth-order valence-electron chi connectivity index (χ4n) is 1.64. The minimum absolute atomic E-state index is 0.206. The molecule has 0 radical (unpaired) electrons. The number of nitrogens with zero attached hydrogens (tertiary/aromatic N) is 1. The van der Waals surface area contributed by atoms with E-state index in [2.05, 4.69) is 24.9 Å². The van der Waals surface area contributed by atoms with Gasteiger partial charge in [0.05, 0.1) is 12.8 Å². The third-order valence-corrected chi connectivity index (χ3v) is 2.96. The average molecular weight is 222 g/mol. The highest BCUT2D eigenvalue weighted by molar-refractivity contribution is 5.57. The predicted octanol–water partition coefficient (Wildman–Crippen LogP) is 2.11. The summed E-state index contributed by atoms with van der Waals surface area (Å²) in [5.74, 6) is 1.36. The summed E-state index contributed by atoms with van der Waals surface area (Å²) in [7, 11) is 3.76. The molecule has 0 aliphatic carbocycles. The second kappa shape index (κ2) is 5.75. The number of para-hydroxylation sites is 2. The molecule has 16 heavy (non-hydrogen) atoms. The van der Waals surface area contributed by atoms with Gasteiger partial charge in [-0.2, -0.15) is 0 Å². The summed E-state index contributed by atoms with van der Waals surface area (Å²) in [4.78, 5) is 2.19. The van der Waals surface area contributed by atoms with Gasteiger partial charge < -0.3 is 15.4 Å². The highest BCUT2D eigenvalue weighted by atomic mass is 16.5. The van der Waals surface area contributed by atoms with Gasteiger partial charge in [0, 0.05) is 19.6 Å². The summed E-state index contributed by atoms with van der Waals surface area (Å²) in [6, 6.07) is 8.24. The number of methoxy groups -OCH3 is 1. The van der Waals surface area contributed by atoms with E-state index < -0.39 is 0 Å². The van der Waals surface area contributed by atoms with E-state index in [1.54, 1.807) is 7.11 Å². The van der Waals surface area contributed by atoms with Crippen LogP contribution in [0.2, 0.25) is 0 Å². The molecule has 3 heteroatoms. The van der Waals surface area contributed by atoms with E-state index in [9.17, 15) is 0 Å². The molecule has 2 unspecified atom stereocenters. The largest absolute Gasteiger partial charge is 0.495 e. The summed E-state index contributed by atoms with van der Waals surface area (Å²) in [6.45, 7) is 5.13. The van der Waals surface area contributed by atoms with Crippen molar-refractivity contribution in [1.29, 1.82) is 0 Å². The van der Waals surface area contributed by atoms with Gasteiger partial charge in [-0.05, 0) is 25.0 Å². The lowest BCUT2D eigenvalue weighted by molar-refractivity contribution is 0.412. The minimum atomic E-state index is 0.206. The number of nitrogens with two attached hydrogens (primary N) is 1. The molecule has 1 aromatic rings. The van der Waals surface area contributed by atoms with Gasteiger partial charge in [-0.1, -0.05) is 19.1 Å². The van der Waals surface area contributed by atoms with Crippen molar-refractivity contribution in [3.05, 3.63) is 24.3 Å². The number of benzene rings is 1. The predicted molar refractivity (Wildman–Crippen MR) is 69.1 cm³/mol. The average Bonchev–Trinajstić information content (AvgIpc) is 2.28. The van der Waals surface area contributed by atoms with E-state index in [0.29, 0.717) is 5.92 Å². The van der Waals surface area contributed by atoms with Crippen LogP contribution in [0.4, 0.5) is 5.69 Å². The molecule has 0 heterocycles. The van der Waals surface area contributed by atoms with Crippen LogP contribution < -0.4 is 15.4 Å². The van der Waals surface area contributed by atoms with Crippen molar-refractivity contribution < 1.29 is 4.74 Å². The lowest BCUT2D eigenvalue weighted by Crippen LogP contribution is -2.34. The maximum absolute atomic E-state index is 5.87. The maximum Gasteiger partial charge on any atom is 0.142 e. The molecular formula is C13H22N2O. The fourth-order valence-corrected chi connectivity index (χ4v) is 1.64. The zero-order chi connectivity index (χ0) is 12.1. The van der Waals surface area contributed by atoms with Crippen LogP contribution in [0.3, 0.4) is 0 Å². The van der Waals surface area contributed by atoms with Crippen molar-refractivity contribution in [3.8, 4) is 5.75 Å². The van der Waals surface area contributed by atoms with Crippen molar-refractivity contribution in [1.82, 2.24) is 0 Å². The van der Waals surface area contributed by atoms with Crippen LogP contribution in [0.25, 0.3) is 0 Å². The van der Waals surface area contributed by atoms with Crippen LogP contribution in [0.1, 0.15) is 13.8 Å². The smallest absolute Gasteiger partial charge is 0.142 e. The maximum atomic E-state index is 5.87. The van der Waals surface area contributed by atoms with Crippen LogP contribution in [0.15, 0.2) is 24.3 Å². The Bertz CT molecular complexity index is 325. The molecule has 0 aliphatic heterocycles. The lowest BCUT2D eigenvalue weighted by Gasteiger charge is -2.26. The van der Waals surface area contributed by atoms with Gasteiger partial charge in [0.1, 0.15) is 5.75 Å². The highest BCUT2D eigenvalue weighted by Gasteiger charge is 2.13. The zero-order valence-electron chi connectivity index (χ0n) is 10.6. The van der Waals surface area contributed by atoms with Crippen molar-refractivity contribution >= 4 is 5.69 Å².